The Hall–Kier alpha value is -1.64. The Morgan fingerprint density at radius 3 is 2.33 bits per heavy atom. The molecule has 3 nitrogen and oxygen atoms in total. The van der Waals surface area contributed by atoms with Crippen molar-refractivity contribution in [2.24, 2.45) is 0 Å². The number of hydrogen-bond acceptors (Lipinski definition) is 2. The first-order chi connectivity index (χ1) is 8.62. The Kier molecular flexibility index (Phi) is 3.80. The number of carboxylic acid groups (broad SMARTS) is 1. The van der Waals surface area contributed by atoms with Gasteiger partial charge in [0.1, 0.15) is 5.78 Å². The van der Waals surface area contributed by atoms with Crippen molar-refractivity contribution in [3.8, 4) is 0 Å². The van der Waals surface area contributed by atoms with Crippen LogP contribution >= 0.6 is 0 Å². The number of aliphatic carboxylic acids is 1. The van der Waals surface area contributed by atoms with E-state index in [0.717, 1.165) is 12.8 Å². The number of rotatable bonds is 4. The average molecular weight is 246 g/mol. The van der Waals surface area contributed by atoms with Gasteiger partial charge in [0.15, 0.2) is 0 Å². The van der Waals surface area contributed by atoms with Crippen LogP contribution in [0, 0.1) is 0 Å². The van der Waals surface area contributed by atoms with Crippen LogP contribution in [0.2, 0.25) is 0 Å². The second kappa shape index (κ2) is 5.34. The number of carboxylic acids is 1. The second-order valence-electron chi connectivity index (χ2n) is 5.08. The van der Waals surface area contributed by atoms with E-state index >= 15 is 0 Å². The average Bonchev–Trinajstić information content (AvgIpc) is 2.39. The number of carbonyl (C=O) groups is 2. The van der Waals surface area contributed by atoms with Gasteiger partial charge in [0.25, 0.3) is 0 Å². The standard InChI is InChI=1S/C15H18O3/c16-13-6-9-15(10-7-13,11-8-14(17)18)12-4-2-1-3-5-12/h1-5H,6-11H2,(H,17,18). The van der Waals surface area contributed by atoms with E-state index in [0.29, 0.717) is 25.0 Å². The number of ketones is 1. The molecule has 0 aromatic heterocycles. The Morgan fingerprint density at radius 2 is 1.78 bits per heavy atom. The Balaban J connectivity index is 2.22. The van der Waals surface area contributed by atoms with Crippen LogP contribution in [-0.4, -0.2) is 16.9 Å². The summed E-state index contributed by atoms with van der Waals surface area (Å²) in [4.78, 5) is 22.2. The van der Waals surface area contributed by atoms with Crippen molar-refractivity contribution in [2.45, 2.75) is 43.9 Å². The van der Waals surface area contributed by atoms with Crippen molar-refractivity contribution >= 4 is 11.8 Å². The van der Waals surface area contributed by atoms with E-state index in [4.69, 9.17) is 5.11 Å². The van der Waals surface area contributed by atoms with Crippen LogP contribution in [-0.2, 0) is 15.0 Å². The molecule has 3 heteroatoms. The summed E-state index contributed by atoms with van der Waals surface area (Å²) in [6.07, 6.45) is 3.51. The monoisotopic (exact) mass is 246 g/mol. The summed E-state index contributed by atoms with van der Waals surface area (Å²) in [7, 11) is 0. The van der Waals surface area contributed by atoms with Gasteiger partial charge in [-0.25, -0.2) is 0 Å². The van der Waals surface area contributed by atoms with Crippen LogP contribution in [0.15, 0.2) is 30.3 Å². The minimum atomic E-state index is -0.762. The van der Waals surface area contributed by atoms with Gasteiger partial charge in [-0.2, -0.15) is 0 Å². The van der Waals surface area contributed by atoms with Crippen LogP contribution in [0.4, 0.5) is 0 Å². The molecule has 0 aliphatic heterocycles. The van der Waals surface area contributed by atoms with Crippen LogP contribution in [0.5, 0.6) is 0 Å². The highest BCUT2D eigenvalue weighted by Gasteiger charge is 2.36. The molecule has 1 aromatic carbocycles. The fraction of sp³-hybridized carbons (Fsp3) is 0.467. The van der Waals surface area contributed by atoms with E-state index < -0.39 is 5.97 Å². The first-order valence-corrected chi connectivity index (χ1v) is 6.41. The molecule has 0 heterocycles. The Morgan fingerprint density at radius 1 is 1.17 bits per heavy atom. The summed E-state index contributed by atoms with van der Waals surface area (Å²) in [5.41, 5.74) is 1.06. The summed E-state index contributed by atoms with van der Waals surface area (Å²) < 4.78 is 0. The quantitative estimate of drug-likeness (QED) is 0.888. The van der Waals surface area contributed by atoms with Crippen molar-refractivity contribution in [2.75, 3.05) is 0 Å². The van der Waals surface area contributed by atoms with Crippen LogP contribution in [0.3, 0.4) is 0 Å². The van der Waals surface area contributed by atoms with Gasteiger partial charge in [-0.05, 0) is 30.2 Å². The van der Waals surface area contributed by atoms with Gasteiger partial charge in [-0.1, -0.05) is 30.3 Å². The lowest BCUT2D eigenvalue weighted by Gasteiger charge is -2.37. The van der Waals surface area contributed by atoms with Gasteiger partial charge < -0.3 is 5.11 Å². The molecule has 0 amide bonds. The molecule has 1 aliphatic carbocycles. The van der Waals surface area contributed by atoms with Crippen molar-refractivity contribution in [3.63, 3.8) is 0 Å². The third-order valence-corrected chi connectivity index (χ3v) is 3.97. The van der Waals surface area contributed by atoms with E-state index in [1.54, 1.807) is 0 Å². The van der Waals surface area contributed by atoms with E-state index in [2.05, 4.69) is 12.1 Å². The van der Waals surface area contributed by atoms with Gasteiger partial charge in [-0.15, -0.1) is 0 Å². The fourth-order valence-corrected chi connectivity index (χ4v) is 2.83. The highest BCUT2D eigenvalue weighted by molar-refractivity contribution is 5.79. The van der Waals surface area contributed by atoms with E-state index in [9.17, 15) is 9.59 Å². The predicted octanol–water partition coefficient (Wildman–Crippen LogP) is 2.93. The van der Waals surface area contributed by atoms with Crippen LogP contribution in [0.25, 0.3) is 0 Å². The van der Waals surface area contributed by atoms with Crippen molar-refractivity contribution in [1.29, 1.82) is 0 Å². The molecule has 0 atom stereocenters. The van der Waals surface area contributed by atoms with Crippen molar-refractivity contribution in [3.05, 3.63) is 35.9 Å². The zero-order valence-electron chi connectivity index (χ0n) is 10.4. The maximum absolute atomic E-state index is 11.4. The van der Waals surface area contributed by atoms with Gasteiger partial charge in [0, 0.05) is 19.3 Å². The van der Waals surface area contributed by atoms with Gasteiger partial charge in [0.05, 0.1) is 0 Å². The summed E-state index contributed by atoms with van der Waals surface area (Å²) in [6, 6.07) is 10.0. The molecule has 18 heavy (non-hydrogen) atoms. The van der Waals surface area contributed by atoms with Crippen molar-refractivity contribution in [1.82, 2.24) is 0 Å². The molecule has 1 aromatic rings. The predicted molar refractivity (Wildman–Crippen MR) is 68.5 cm³/mol. The summed E-state index contributed by atoms with van der Waals surface area (Å²) in [5.74, 6) is -0.459. The molecule has 96 valence electrons. The molecular formula is C15H18O3. The lowest BCUT2D eigenvalue weighted by Crippen LogP contribution is -2.32. The maximum atomic E-state index is 11.4. The highest BCUT2D eigenvalue weighted by atomic mass is 16.4. The number of Topliss-reactive ketones (excluding diaryl/α,β-unsaturated/α-hetero) is 1. The highest BCUT2D eigenvalue weighted by Crippen LogP contribution is 2.41. The molecule has 1 fully saturated rings. The lowest BCUT2D eigenvalue weighted by atomic mass is 9.66. The fourth-order valence-electron chi connectivity index (χ4n) is 2.83. The summed E-state index contributed by atoms with van der Waals surface area (Å²) >= 11 is 0. The molecule has 0 bridgehead atoms. The first kappa shape index (κ1) is 12.8. The largest absolute Gasteiger partial charge is 0.481 e. The molecule has 0 radical (unpaired) electrons. The van der Waals surface area contributed by atoms with E-state index in [1.807, 2.05) is 18.2 Å². The molecule has 0 spiro atoms. The van der Waals surface area contributed by atoms with E-state index in [-0.39, 0.29) is 11.8 Å². The Bertz CT molecular complexity index is 426. The molecule has 0 unspecified atom stereocenters. The number of carbonyl (C=O) groups excluding carboxylic acids is 1. The van der Waals surface area contributed by atoms with Gasteiger partial charge in [0.2, 0.25) is 0 Å². The van der Waals surface area contributed by atoms with E-state index in [1.165, 1.54) is 5.56 Å². The van der Waals surface area contributed by atoms with Gasteiger partial charge in [-0.3, -0.25) is 9.59 Å². The summed E-state index contributed by atoms with van der Waals surface area (Å²) in [5, 5.41) is 8.89. The third kappa shape index (κ3) is 2.78. The normalized spacial score (nSPS) is 18.6. The molecular weight excluding hydrogens is 228 g/mol. The molecule has 2 rings (SSSR count). The zero-order valence-corrected chi connectivity index (χ0v) is 10.4. The number of hydrogen-bond donors (Lipinski definition) is 1. The van der Waals surface area contributed by atoms with Crippen LogP contribution in [0.1, 0.15) is 44.1 Å². The summed E-state index contributed by atoms with van der Waals surface area (Å²) in [6.45, 7) is 0. The minimum Gasteiger partial charge on any atom is -0.481 e. The molecule has 1 saturated carbocycles. The van der Waals surface area contributed by atoms with Crippen LogP contribution < -0.4 is 0 Å². The second-order valence-corrected chi connectivity index (χ2v) is 5.08. The first-order valence-electron chi connectivity index (χ1n) is 6.41. The zero-order chi connectivity index (χ0) is 13.0. The Labute approximate surface area is 107 Å². The third-order valence-electron chi connectivity index (χ3n) is 3.97. The topological polar surface area (TPSA) is 54.4 Å². The molecule has 0 saturated heterocycles. The SMILES string of the molecule is O=C(O)CCC1(c2ccccc2)CCC(=O)CC1. The maximum Gasteiger partial charge on any atom is 0.303 e. The smallest absolute Gasteiger partial charge is 0.303 e. The minimum absolute atomic E-state index is 0.117. The number of benzene rings is 1. The van der Waals surface area contributed by atoms with Crippen molar-refractivity contribution < 1.29 is 14.7 Å². The molecule has 1 aliphatic rings. The van der Waals surface area contributed by atoms with Gasteiger partial charge >= 0.3 is 5.97 Å². The lowest BCUT2D eigenvalue weighted by molar-refractivity contribution is -0.137. The molecule has 1 N–H and O–H groups in total.